The number of rotatable bonds is 9. The van der Waals surface area contributed by atoms with E-state index in [1.165, 1.54) is 41.4 Å². The number of amides is 2. The molecule has 5 rings (SSSR count). The third-order valence-electron chi connectivity index (χ3n) is 6.66. The molecule has 0 fully saturated rings. The number of hydrogen-bond donors (Lipinski definition) is 2. The summed E-state index contributed by atoms with van der Waals surface area (Å²) in [6.45, 7) is -0.522. The molecule has 0 aliphatic heterocycles. The normalized spacial score (nSPS) is 11.7. The van der Waals surface area contributed by atoms with Crippen LogP contribution in [-0.2, 0) is 17.8 Å². The van der Waals surface area contributed by atoms with Crippen LogP contribution in [0.2, 0.25) is 0 Å². The van der Waals surface area contributed by atoms with Crippen LogP contribution in [0.1, 0.15) is 26.6 Å². The van der Waals surface area contributed by atoms with E-state index in [0.29, 0.717) is 22.2 Å². The van der Waals surface area contributed by atoms with Gasteiger partial charge in [0.25, 0.3) is 17.4 Å². The van der Waals surface area contributed by atoms with Gasteiger partial charge in [-0.25, -0.2) is 14.4 Å². The smallest absolute Gasteiger partial charge is 0.277 e. The van der Waals surface area contributed by atoms with Crippen LogP contribution in [0.4, 0.5) is 10.1 Å². The van der Waals surface area contributed by atoms with Gasteiger partial charge >= 0.3 is 0 Å². The number of carbonyl (C=O) groups excluding carboxylic acids is 3. The minimum atomic E-state index is -1.12. The molecule has 0 saturated carbocycles. The predicted molar refractivity (Wildman–Crippen MR) is 157 cm³/mol. The SMILES string of the molecule is CN(C)C(=O)c1ccc2oc(C(=O)C(Cc3ccccc3)NC(=O)Cn3c(-c4ccc(F)cc4)ncc(N)c3=O)nc2c1. The van der Waals surface area contributed by atoms with Gasteiger partial charge in [0.15, 0.2) is 5.58 Å². The zero-order chi connectivity index (χ0) is 30.7. The van der Waals surface area contributed by atoms with Gasteiger partial charge in [-0.3, -0.25) is 23.7 Å². The molecule has 0 aliphatic rings. The number of aromatic nitrogens is 3. The van der Waals surface area contributed by atoms with Crippen molar-refractivity contribution in [1.82, 2.24) is 24.8 Å². The number of oxazole rings is 1. The minimum absolute atomic E-state index is 0.0994. The Bertz CT molecular complexity index is 1880. The first-order chi connectivity index (χ1) is 20.6. The van der Waals surface area contributed by atoms with Crippen molar-refractivity contribution in [3.05, 3.63) is 112 Å². The van der Waals surface area contributed by atoms with Crippen molar-refractivity contribution < 1.29 is 23.2 Å². The average molecular weight is 583 g/mol. The fourth-order valence-electron chi connectivity index (χ4n) is 4.50. The summed E-state index contributed by atoms with van der Waals surface area (Å²) in [6, 6.07) is 17.8. The summed E-state index contributed by atoms with van der Waals surface area (Å²) in [5, 5.41) is 2.70. The highest BCUT2D eigenvalue weighted by Gasteiger charge is 2.28. The van der Waals surface area contributed by atoms with E-state index in [-0.39, 0.29) is 29.7 Å². The molecule has 3 N–H and O–H groups in total. The van der Waals surface area contributed by atoms with Crippen LogP contribution in [0.3, 0.4) is 0 Å². The molecule has 3 aromatic carbocycles. The van der Waals surface area contributed by atoms with E-state index in [2.05, 4.69) is 15.3 Å². The monoisotopic (exact) mass is 582 g/mol. The molecule has 0 saturated heterocycles. The summed E-state index contributed by atoms with van der Waals surface area (Å²) in [4.78, 5) is 62.3. The molecule has 2 aromatic heterocycles. The van der Waals surface area contributed by atoms with Crippen LogP contribution in [0.5, 0.6) is 0 Å². The van der Waals surface area contributed by atoms with Gasteiger partial charge in [-0.05, 0) is 48.0 Å². The number of ketones is 1. The second-order valence-electron chi connectivity index (χ2n) is 10.0. The van der Waals surface area contributed by atoms with Gasteiger partial charge in [0.1, 0.15) is 35.4 Å². The molecule has 2 amide bonds. The Labute approximate surface area is 244 Å². The number of anilines is 1. The molecule has 11 nitrogen and oxygen atoms in total. The Morgan fingerprint density at radius 3 is 2.47 bits per heavy atom. The maximum atomic E-state index is 13.7. The molecule has 0 spiro atoms. The molecular weight excluding hydrogens is 555 g/mol. The number of nitrogens with two attached hydrogens (primary N) is 1. The Balaban J connectivity index is 1.45. The van der Waals surface area contributed by atoms with Crippen LogP contribution < -0.4 is 16.6 Å². The lowest BCUT2D eigenvalue weighted by atomic mass is 10.0. The first-order valence-electron chi connectivity index (χ1n) is 13.2. The van der Waals surface area contributed by atoms with Crippen molar-refractivity contribution in [2.45, 2.75) is 19.0 Å². The fourth-order valence-corrected chi connectivity index (χ4v) is 4.50. The van der Waals surface area contributed by atoms with Gasteiger partial charge in [0.2, 0.25) is 11.7 Å². The van der Waals surface area contributed by atoms with Crippen LogP contribution in [0.25, 0.3) is 22.5 Å². The van der Waals surface area contributed by atoms with E-state index in [1.54, 1.807) is 50.5 Å². The van der Waals surface area contributed by atoms with Crippen molar-refractivity contribution in [3.8, 4) is 11.4 Å². The summed E-state index contributed by atoms with van der Waals surface area (Å²) in [7, 11) is 3.25. The van der Waals surface area contributed by atoms with Gasteiger partial charge in [0.05, 0.1) is 6.20 Å². The van der Waals surface area contributed by atoms with Gasteiger partial charge < -0.3 is 20.4 Å². The standard InChI is InChI=1S/C31H27FN6O5/c1-37(2)30(41)20-10-13-25-23(15-20)36-29(43-25)27(40)24(14-18-6-4-3-5-7-18)35-26(39)17-38-28(34-16-22(33)31(38)42)19-8-11-21(32)12-9-19/h3-13,15-16,24H,14,17,33H2,1-2H3,(H,35,39). The number of hydrogen-bond acceptors (Lipinski definition) is 8. The van der Waals surface area contributed by atoms with Crippen molar-refractivity contribution >= 4 is 34.4 Å². The van der Waals surface area contributed by atoms with E-state index in [0.717, 1.165) is 10.1 Å². The molecule has 5 aromatic rings. The Hall–Kier alpha value is -5.65. The molecular formula is C31H27FN6O5. The first kappa shape index (κ1) is 28.9. The molecule has 12 heteroatoms. The second kappa shape index (κ2) is 12.1. The van der Waals surface area contributed by atoms with Crippen molar-refractivity contribution in [1.29, 1.82) is 0 Å². The number of nitrogen functional groups attached to an aromatic ring is 1. The highest BCUT2D eigenvalue weighted by molar-refractivity contribution is 6.01. The summed E-state index contributed by atoms with van der Waals surface area (Å²) in [5.41, 5.74) is 7.06. The van der Waals surface area contributed by atoms with Crippen molar-refractivity contribution in [2.75, 3.05) is 19.8 Å². The van der Waals surface area contributed by atoms with Crippen LogP contribution in [-0.4, -0.2) is 57.2 Å². The zero-order valence-corrected chi connectivity index (χ0v) is 23.3. The predicted octanol–water partition coefficient (Wildman–Crippen LogP) is 3.09. The Morgan fingerprint density at radius 2 is 1.77 bits per heavy atom. The van der Waals surface area contributed by atoms with Gasteiger partial charge in [0, 0.05) is 31.6 Å². The van der Waals surface area contributed by atoms with Gasteiger partial charge in [-0.15, -0.1) is 0 Å². The molecule has 1 unspecified atom stereocenters. The number of nitrogens with one attached hydrogen (secondary N) is 1. The van der Waals surface area contributed by atoms with E-state index in [9.17, 15) is 23.6 Å². The highest BCUT2D eigenvalue weighted by Crippen LogP contribution is 2.21. The quantitative estimate of drug-likeness (QED) is 0.252. The molecule has 0 aliphatic carbocycles. The Kier molecular flexibility index (Phi) is 8.10. The van der Waals surface area contributed by atoms with E-state index < -0.39 is 35.7 Å². The largest absolute Gasteiger partial charge is 0.434 e. The lowest BCUT2D eigenvalue weighted by Crippen LogP contribution is -2.45. The fraction of sp³-hybridized carbons (Fsp3) is 0.161. The first-order valence-corrected chi connectivity index (χ1v) is 13.2. The summed E-state index contributed by atoms with van der Waals surface area (Å²) < 4.78 is 20.3. The Morgan fingerprint density at radius 1 is 1.05 bits per heavy atom. The summed E-state index contributed by atoms with van der Waals surface area (Å²) in [5.74, 6) is -2.15. The highest BCUT2D eigenvalue weighted by atomic mass is 19.1. The third-order valence-corrected chi connectivity index (χ3v) is 6.66. The topological polar surface area (TPSA) is 153 Å². The van der Waals surface area contributed by atoms with Crippen molar-refractivity contribution in [3.63, 3.8) is 0 Å². The summed E-state index contributed by atoms with van der Waals surface area (Å²) in [6.07, 6.45) is 1.27. The number of benzene rings is 3. The molecule has 0 bridgehead atoms. The van der Waals surface area contributed by atoms with Crippen LogP contribution in [0, 0.1) is 5.82 Å². The van der Waals surface area contributed by atoms with E-state index in [1.807, 2.05) is 6.07 Å². The lowest BCUT2D eigenvalue weighted by molar-refractivity contribution is -0.122. The summed E-state index contributed by atoms with van der Waals surface area (Å²) >= 11 is 0. The maximum absolute atomic E-state index is 13.7. The number of nitrogens with zero attached hydrogens (tertiary/aromatic N) is 4. The number of fused-ring (bicyclic) bond motifs is 1. The maximum Gasteiger partial charge on any atom is 0.277 e. The zero-order valence-electron chi connectivity index (χ0n) is 23.3. The van der Waals surface area contributed by atoms with E-state index in [4.69, 9.17) is 10.2 Å². The van der Waals surface area contributed by atoms with Crippen LogP contribution >= 0.6 is 0 Å². The minimum Gasteiger partial charge on any atom is -0.434 e. The number of carbonyl (C=O) groups is 3. The number of halogens is 1. The molecule has 1 atom stereocenters. The van der Waals surface area contributed by atoms with Crippen molar-refractivity contribution in [2.24, 2.45) is 0 Å². The molecule has 0 radical (unpaired) electrons. The molecule has 2 heterocycles. The van der Waals surface area contributed by atoms with Crippen LogP contribution in [0.15, 0.2) is 88.2 Å². The molecule has 43 heavy (non-hydrogen) atoms. The number of Topliss-reactive ketones (excluding diaryl/α,β-unsaturated/α-hetero) is 1. The average Bonchev–Trinajstić information content (AvgIpc) is 3.43. The van der Waals surface area contributed by atoms with Gasteiger partial charge in [-0.1, -0.05) is 30.3 Å². The third kappa shape index (κ3) is 6.32. The van der Waals surface area contributed by atoms with E-state index >= 15 is 0 Å². The molecule has 218 valence electrons. The second-order valence-corrected chi connectivity index (χ2v) is 10.0. The van der Waals surface area contributed by atoms with Gasteiger partial charge in [-0.2, -0.15) is 0 Å². The lowest BCUT2D eigenvalue weighted by Gasteiger charge is -2.18.